The normalized spacial score (nSPS) is 20.1. The van der Waals surface area contributed by atoms with E-state index in [1.807, 2.05) is 0 Å². The van der Waals surface area contributed by atoms with Gasteiger partial charge >= 0.3 is 0 Å². The molecule has 2 aromatic rings. The van der Waals surface area contributed by atoms with Crippen LogP contribution in [0.4, 0.5) is 0 Å². The van der Waals surface area contributed by atoms with Gasteiger partial charge in [-0.3, -0.25) is 9.69 Å². The van der Waals surface area contributed by atoms with Crippen LogP contribution >= 0.6 is 11.6 Å². The van der Waals surface area contributed by atoms with E-state index in [1.165, 1.54) is 35.8 Å². The van der Waals surface area contributed by atoms with Crippen LogP contribution in [-0.4, -0.2) is 49.7 Å². The number of piperidine rings is 1. The third-order valence-electron chi connectivity index (χ3n) is 6.48. The first-order chi connectivity index (χ1) is 15.9. The van der Waals surface area contributed by atoms with Gasteiger partial charge < -0.3 is 5.32 Å². The molecule has 2 aliphatic rings. The number of rotatable bonds is 8. The van der Waals surface area contributed by atoms with Crippen molar-refractivity contribution in [3.8, 4) is 0 Å². The molecule has 1 N–H and O–H groups in total. The Morgan fingerprint density at radius 3 is 2.42 bits per heavy atom. The fourth-order valence-electron chi connectivity index (χ4n) is 4.63. The summed E-state index contributed by atoms with van der Waals surface area (Å²) in [4.78, 5) is 15.3. The van der Waals surface area contributed by atoms with Gasteiger partial charge in [0, 0.05) is 31.2 Å². The van der Waals surface area contributed by atoms with E-state index in [1.54, 1.807) is 24.3 Å². The van der Waals surface area contributed by atoms with Crippen LogP contribution in [0.1, 0.15) is 42.4 Å². The minimum atomic E-state index is -3.51. The highest BCUT2D eigenvalue weighted by atomic mass is 35.5. The number of hydrogen-bond donors (Lipinski definition) is 1. The predicted octanol–water partition coefficient (Wildman–Crippen LogP) is 3.79. The topological polar surface area (TPSA) is 69.7 Å². The lowest BCUT2D eigenvalue weighted by molar-refractivity contribution is -0.126. The molecule has 2 fully saturated rings. The van der Waals surface area contributed by atoms with Gasteiger partial charge in [-0.25, -0.2) is 12.7 Å². The number of nitrogens with zero attached hydrogens (tertiary/aromatic N) is 2. The first-order valence-electron chi connectivity index (χ1n) is 11.7. The van der Waals surface area contributed by atoms with Crippen LogP contribution in [-0.2, 0) is 33.7 Å². The molecule has 1 atom stereocenters. The van der Waals surface area contributed by atoms with E-state index in [-0.39, 0.29) is 24.1 Å². The Kier molecular flexibility index (Phi) is 8.07. The minimum Gasteiger partial charge on any atom is -0.352 e. The lowest BCUT2D eigenvalue weighted by Crippen LogP contribution is -2.45. The number of halogens is 1. The smallest absolute Gasteiger partial charge is 0.224 e. The molecule has 2 heterocycles. The zero-order chi connectivity index (χ0) is 23.3. The number of amides is 1. The number of likely N-dealkylation sites (tertiary alicyclic amines) is 1. The second-order valence-corrected chi connectivity index (χ2v) is 11.5. The van der Waals surface area contributed by atoms with Gasteiger partial charge in [0.1, 0.15) is 0 Å². The number of carbonyl (C=O) groups is 1. The Labute approximate surface area is 202 Å². The molecule has 1 amide bonds. The first kappa shape index (κ1) is 24.2. The van der Waals surface area contributed by atoms with Gasteiger partial charge in [-0.05, 0) is 67.6 Å². The van der Waals surface area contributed by atoms with Crippen molar-refractivity contribution in [2.45, 2.75) is 44.5 Å². The highest BCUT2D eigenvalue weighted by Crippen LogP contribution is 2.23. The van der Waals surface area contributed by atoms with Crippen LogP contribution in [0, 0.1) is 5.92 Å². The van der Waals surface area contributed by atoms with Gasteiger partial charge in [0.15, 0.2) is 0 Å². The zero-order valence-electron chi connectivity index (χ0n) is 18.9. The van der Waals surface area contributed by atoms with Gasteiger partial charge in [0.25, 0.3) is 0 Å². The largest absolute Gasteiger partial charge is 0.352 e. The van der Waals surface area contributed by atoms with Crippen LogP contribution in [0.5, 0.6) is 0 Å². The average molecular weight is 490 g/mol. The number of hydrogen-bond acceptors (Lipinski definition) is 4. The summed E-state index contributed by atoms with van der Waals surface area (Å²) in [5.74, 6) is -0.521. The number of sulfonamides is 1. The molecule has 0 bridgehead atoms. The van der Waals surface area contributed by atoms with E-state index in [4.69, 9.17) is 11.6 Å². The Bertz CT molecular complexity index is 1050. The van der Waals surface area contributed by atoms with Gasteiger partial charge in [-0.15, -0.1) is 0 Å². The molecule has 0 saturated carbocycles. The SMILES string of the molecule is O=C(NCc1ccc(CN2CCCC2)cc1)[C@H]1CCCN(S(=O)(=O)Cc2cccc(Cl)c2)C1. The second-order valence-electron chi connectivity index (χ2n) is 9.10. The molecule has 0 spiro atoms. The quantitative estimate of drug-likeness (QED) is 0.612. The summed E-state index contributed by atoms with van der Waals surface area (Å²) in [6, 6.07) is 15.3. The third kappa shape index (κ3) is 6.79. The lowest BCUT2D eigenvalue weighted by atomic mass is 9.98. The molecule has 0 aliphatic carbocycles. The summed E-state index contributed by atoms with van der Waals surface area (Å²) in [5.41, 5.74) is 3.00. The van der Waals surface area contributed by atoms with Crippen molar-refractivity contribution in [1.29, 1.82) is 0 Å². The molecule has 8 heteroatoms. The molecule has 178 valence electrons. The van der Waals surface area contributed by atoms with Crippen LogP contribution in [0.25, 0.3) is 0 Å². The molecule has 2 aliphatic heterocycles. The van der Waals surface area contributed by atoms with Crippen molar-refractivity contribution in [3.63, 3.8) is 0 Å². The summed E-state index contributed by atoms with van der Waals surface area (Å²) in [7, 11) is -3.51. The molecule has 4 rings (SSSR count). The van der Waals surface area contributed by atoms with Crippen LogP contribution in [0.15, 0.2) is 48.5 Å². The zero-order valence-corrected chi connectivity index (χ0v) is 20.5. The number of benzene rings is 2. The molecular formula is C25H32ClN3O3S. The maximum absolute atomic E-state index is 12.9. The standard InChI is InChI=1S/C25H32ClN3O3S/c26-24-7-3-5-22(15-24)19-33(31,32)29-14-4-6-23(18-29)25(30)27-16-20-8-10-21(11-9-20)17-28-12-1-2-13-28/h3,5,7-11,15,23H,1-2,4,6,12-14,16-19H2,(H,27,30)/t23-/m0/s1. The van der Waals surface area contributed by atoms with Gasteiger partial charge in [0.05, 0.1) is 11.7 Å². The van der Waals surface area contributed by atoms with E-state index in [2.05, 4.69) is 34.5 Å². The fraction of sp³-hybridized carbons (Fsp3) is 0.480. The van der Waals surface area contributed by atoms with E-state index in [0.29, 0.717) is 36.5 Å². The van der Waals surface area contributed by atoms with Crippen LogP contribution in [0.2, 0.25) is 5.02 Å². The van der Waals surface area contributed by atoms with Crippen molar-refractivity contribution in [2.75, 3.05) is 26.2 Å². The van der Waals surface area contributed by atoms with E-state index < -0.39 is 10.0 Å². The van der Waals surface area contributed by atoms with Crippen molar-refractivity contribution in [1.82, 2.24) is 14.5 Å². The predicted molar refractivity (Wildman–Crippen MR) is 131 cm³/mol. The van der Waals surface area contributed by atoms with Crippen molar-refractivity contribution < 1.29 is 13.2 Å². The highest BCUT2D eigenvalue weighted by molar-refractivity contribution is 7.88. The molecule has 0 aromatic heterocycles. The summed E-state index contributed by atoms with van der Waals surface area (Å²) in [6.45, 7) is 4.45. The van der Waals surface area contributed by atoms with Crippen molar-refractivity contribution >= 4 is 27.5 Å². The van der Waals surface area contributed by atoms with Gasteiger partial charge in [0.2, 0.25) is 15.9 Å². The van der Waals surface area contributed by atoms with Crippen LogP contribution in [0.3, 0.4) is 0 Å². The Balaban J connectivity index is 1.28. The first-order valence-corrected chi connectivity index (χ1v) is 13.7. The Hall–Kier alpha value is -1.93. The van der Waals surface area contributed by atoms with Gasteiger partial charge in [-0.2, -0.15) is 0 Å². The van der Waals surface area contributed by atoms with Gasteiger partial charge in [-0.1, -0.05) is 48.0 Å². The average Bonchev–Trinajstić information content (AvgIpc) is 3.31. The van der Waals surface area contributed by atoms with E-state index >= 15 is 0 Å². The monoisotopic (exact) mass is 489 g/mol. The summed E-state index contributed by atoms with van der Waals surface area (Å²) in [5, 5.41) is 3.52. The minimum absolute atomic E-state index is 0.0844. The maximum Gasteiger partial charge on any atom is 0.224 e. The molecule has 2 aromatic carbocycles. The van der Waals surface area contributed by atoms with E-state index in [9.17, 15) is 13.2 Å². The highest BCUT2D eigenvalue weighted by Gasteiger charge is 2.32. The van der Waals surface area contributed by atoms with E-state index in [0.717, 1.165) is 12.1 Å². The second kappa shape index (κ2) is 11.0. The number of carbonyl (C=O) groups excluding carboxylic acids is 1. The van der Waals surface area contributed by atoms with Crippen molar-refractivity contribution in [3.05, 3.63) is 70.2 Å². The summed E-state index contributed by atoms with van der Waals surface area (Å²) < 4.78 is 27.3. The molecule has 6 nitrogen and oxygen atoms in total. The third-order valence-corrected chi connectivity index (χ3v) is 8.53. The lowest BCUT2D eigenvalue weighted by Gasteiger charge is -2.31. The van der Waals surface area contributed by atoms with Crippen molar-refractivity contribution in [2.24, 2.45) is 5.92 Å². The summed E-state index contributed by atoms with van der Waals surface area (Å²) >= 11 is 5.99. The molecule has 0 radical (unpaired) electrons. The maximum atomic E-state index is 12.9. The molecular weight excluding hydrogens is 458 g/mol. The number of nitrogens with one attached hydrogen (secondary N) is 1. The summed E-state index contributed by atoms with van der Waals surface area (Å²) in [6.07, 6.45) is 3.94. The molecule has 2 saturated heterocycles. The molecule has 0 unspecified atom stereocenters. The molecule has 33 heavy (non-hydrogen) atoms. The Morgan fingerprint density at radius 1 is 0.970 bits per heavy atom. The van der Waals surface area contributed by atoms with Crippen LogP contribution < -0.4 is 5.32 Å². The fourth-order valence-corrected chi connectivity index (χ4v) is 6.44. The Morgan fingerprint density at radius 2 is 1.70 bits per heavy atom.